The molecular formula is C31H43NO4. The molecule has 0 aromatic heterocycles. The van der Waals surface area contributed by atoms with E-state index in [4.69, 9.17) is 14.2 Å². The minimum atomic E-state index is -0.0608. The fourth-order valence-electron chi connectivity index (χ4n) is 5.50. The van der Waals surface area contributed by atoms with Crippen LogP contribution in [0, 0.1) is 5.92 Å². The van der Waals surface area contributed by atoms with Gasteiger partial charge < -0.3 is 19.5 Å². The van der Waals surface area contributed by atoms with Crippen LogP contribution >= 0.6 is 0 Å². The Kier molecular flexibility index (Phi) is 9.94. The second kappa shape index (κ2) is 13.6. The summed E-state index contributed by atoms with van der Waals surface area (Å²) in [5.74, 6) is 2.85. The van der Waals surface area contributed by atoms with Crippen molar-refractivity contribution in [2.24, 2.45) is 5.92 Å². The van der Waals surface area contributed by atoms with Gasteiger partial charge in [0.1, 0.15) is 5.75 Å². The lowest BCUT2D eigenvalue weighted by Gasteiger charge is -2.30. The van der Waals surface area contributed by atoms with Gasteiger partial charge in [0, 0.05) is 18.4 Å². The highest BCUT2D eigenvalue weighted by atomic mass is 16.5. The Morgan fingerprint density at radius 2 is 1.81 bits per heavy atom. The van der Waals surface area contributed by atoms with Gasteiger partial charge >= 0.3 is 0 Å². The van der Waals surface area contributed by atoms with E-state index in [0.29, 0.717) is 6.54 Å². The molecule has 4 rings (SSSR count). The average molecular weight is 494 g/mol. The Morgan fingerprint density at radius 3 is 2.61 bits per heavy atom. The summed E-state index contributed by atoms with van der Waals surface area (Å²) in [6, 6.07) is 14.5. The molecule has 1 saturated heterocycles. The summed E-state index contributed by atoms with van der Waals surface area (Å²) in [5, 5.41) is 3.15. The maximum absolute atomic E-state index is 12.8. The molecule has 1 N–H and O–H groups in total. The number of hydrogen-bond acceptors (Lipinski definition) is 4. The van der Waals surface area contributed by atoms with Crippen LogP contribution in [0.5, 0.6) is 17.2 Å². The van der Waals surface area contributed by atoms with Crippen molar-refractivity contribution < 1.29 is 19.0 Å². The van der Waals surface area contributed by atoms with Gasteiger partial charge in [0.25, 0.3) is 0 Å². The normalized spacial score (nSPS) is 20.2. The molecular weight excluding hydrogens is 450 g/mol. The maximum Gasteiger partial charge on any atom is 0.223 e. The number of unbranched alkanes of at least 4 members (excludes halogenated alkanes) is 4. The number of amides is 1. The van der Waals surface area contributed by atoms with Crippen molar-refractivity contribution in [2.45, 2.75) is 89.6 Å². The molecule has 1 amide bonds. The largest absolute Gasteiger partial charge is 0.494 e. The predicted octanol–water partition coefficient (Wildman–Crippen LogP) is 6.83. The van der Waals surface area contributed by atoms with E-state index in [-0.39, 0.29) is 23.8 Å². The number of carbonyl (C=O) groups excluding carboxylic acids is 1. The Bertz CT molecular complexity index is 969. The molecule has 0 bridgehead atoms. The molecule has 1 aliphatic carbocycles. The SMILES string of the molecule is CCCCCCCOc1cccc(C[C@H]2C[C@@H](c3ccc(OC)c(OC4CCCC4)c3)CNC2=O)c1. The topological polar surface area (TPSA) is 56.8 Å². The second-order valence-electron chi connectivity index (χ2n) is 10.4. The van der Waals surface area contributed by atoms with E-state index in [1.165, 1.54) is 44.1 Å². The van der Waals surface area contributed by atoms with Crippen molar-refractivity contribution in [3.63, 3.8) is 0 Å². The maximum atomic E-state index is 12.8. The van der Waals surface area contributed by atoms with Crippen LogP contribution in [0.15, 0.2) is 42.5 Å². The van der Waals surface area contributed by atoms with Gasteiger partial charge in [-0.3, -0.25) is 4.79 Å². The molecule has 0 spiro atoms. The third kappa shape index (κ3) is 7.41. The fourth-order valence-corrected chi connectivity index (χ4v) is 5.50. The first-order chi connectivity index (χ1) is 17.7. The van der Waals surface area contributed by atoms with Crippen molar-refractivity contribution >= 4 is 5.91 Å². The molecule has 2 aliphatic rings. The quantitative estimate of drug-likeness (QED) is 0.311. The number of rotatable bonds is 13. The van der Waals surface area contributed by atoms with Crippen molar-refractivity contribution in [3.05, 3.63) is 53.6 Å². The fraction of sp³-hybridized carbons (Fsp3) is 0.581. The average Bonchev–Trinajstić information content (AvgIpc) is 3.41. The lowest BCUT2D eigenvalue weighted by atomic mass is 9.82. The van der Waals surface area contributed by atoms with E-state index in [1.54, 1.807) is 7.11 Å². The van der Waals surface area contributed by atoms with Crippen molar-refractivity contribution in [1.29, 1.82) is 0 Å². The van der Waals surface area contributed by atoms with Crippen LogP contribution in [0.2, 0.25) is 0 Å². The van der Waals surface area contributed by atoms with E-state index in [9.17, 15) is 4.79 Å². The summed E-state index contributed by atoms with van der Waals surface area (Å²) in [4.78, 5) is 12.8. The Labute approximate surface area is 216 Å². The first-order valence-corrected chi connectivity index (χ1v) is 14.0. The van der Waals surface area contributed by atoms with Crippen LogP contribution in [0.1, 0.15) is 88.2 Å². The third-order valence-electron chi connectivity index (χ3n) is 7.61. The number of benzene rings is 2. The number of methoxy groups -OCH3 is 1. The van der Waals surface area contributed by atoms with Crippen molar-refractivity contribution in [3.8, 4) is 17.2 Å². The molecule has 5 heteroatoms. The zero-order valence-electron chi connectivity index (χ0n) is 22.1. The lowest BCUT2D eigenvalue weighted by Crippen LogP contribution is -2.41. The molecule has 1 saturated carbocycles. The Hall–Kier alpha value is -2.69. The summed E-state index contributed by atoms with van der Waals surface area (Å²) < 4.78 is 17.9. The van der Waals surface area contributed by atoms with Gasteiger partial charge in [-0.2, -0.15) is 0 Å². The zero-order chi connectivity index (χ0) is 25.2. The second-order valence-corrected chi connectivity index (χ2v) is 10.4. The molecule has 2 aromatic rings. The van der Waals surface area contributed by atoms with Gasteiger partial charge in [-0.05, 0) is 80.3 Å². The van der Waals surface area contributed by atoms with Gasteiger partial charge in [0.2, 0.25) is 5.91 Å². The van der Waals surface area contributed by atoms with E-state index in [1.807, 2.05) is 18.2 Å². The van der Waals surface area contributed by atoms with Gasteiger partial charge in [0.05, 0.1) is 19.8 Å². The van der Waals surface area contributed by atoms with Crippen molar-refractivity contribution in [2.75, 3.05) is 20.3 Å². The number of ether oxygens (including phenoxy) is 3. The van der Waals surface area contributed by atoms with E-state index >= 15 is 0 Å². The monoisotopic (exact) mass is 493 g/mol. The molecule has 196 valence electrons. The summed E-state index contributed by atoms with van der Waals surface area (Å²) in [6.07, 6.45) is 12.6. The number of nitrogens with one attached hydrogen (secondary N) is 1. The number of piperidine rings is 1. The van der Waals surface area contributed by atoms with Crippen LogP contribution in [-0.4, -0.2) is 32.3 Å². The first-order valence-electron chi connectivity index (χ1n) is 14.0. The molecule has 5 nitrogen and oxygen atoms in total. The third-order valence-corrected chi connectivity index (χ3v) is 7.61. The molecule has 0 radical (unpaired) electrons. The van der Waals surface area contributed by atoms with Crippen LogP contribution in [0.4, 0.5) is 0 Å². The van der Waals surface area contributed by atoms with E-state index in [2.05, 4.69) is 36.5 Å². The highest BCUT2D eigenvalue weighted by molar-refractivity contribution is 5.80. The minimum absolute atomic E-state index is 0.0608. The Balaban J connectivity index is 1.36. The highest BCUT2D eigenvalue weighted by Crippen LogP contribution is 2.37. The summed E-state index contributed by atoms with van der Waals surface area (Å²) >= 11 is 0. The molecule has 1 aliphatic heterocycles. The lowest BCUT2D eigenvalue weighted by molar-refractivity contribution is -0.126. The highest BCUT2D eigenvalue weighted by Gasteiger charge is 2.30. The molecule has 1 heterocycles. The first kappa shape index (κ1) is 26.4. The van der Waals surface area contributed by atoms with Crippen LogP contribution in [0.25, 0.3) is 0 Å². The van der Waals surface area contributed by atoms with E-state index < -0.39 is 0 Å². The standard InChI is InChI=1S/C31H43NO4/c1-3-4-5-6-9-17-35-28-14-10-11-23(19-28)18-25-20-26(22-32-31(25)33)24-15-16-29(34-2)30(21-24)36-27-12-7-8-13-27/h10-11,14-16,19,21,25-27H,3-9,12-13,17-18,20,22H2,1-2H3,(H,32,33)/t25-,26+/m0/s1. The van der Waals surface area contributed by atoms with Gasteiger partial charge in [-0.1, -0.05) is 50.8 Å². The zero-order valence-corrected chi connectivity index (χ0v) is 22.1. The summed E-state index contributed by atoms with van der Waals surface area (Å²) in [7, 11) is 1.69. The molecule has 2 aromatic carbocycles. The van der Waals surface area contributed by atoms with Gasteiger partial charge in [0.15, 0.2) is 11.5 Å². The van der Waals surface area contributed by atoms with Crippen LogP contribution in [-0.2, 0) is 11.2 Å². The molecule has 0 unspecified atom stereocenters. The van der Waals surface area contributed by atoms with Crippen LogP contribution < -0.4 is 19.5 Å². The van der Waals surface area contributed by atoms with Crippen LogP contribution in [0.3, 0.4) is 0 Å². The Morgan fingerprint density at radius 1 is 0.972 bits per heavy atom. The van der Waals surface area contributed by atoms with Gasteiger partial charge in [-0.15, -0.1) is 0 Å². The molecule has 2 fully saturated rings. The molecule has 36 heavy (non-hydrogen) atoms. The van der Waals surface area contributed by atoms with Crippen molar-refractivity contribution in [1.82, 2.24) is 5.32 Å². The predicted molar refractivity (Wildman–Crippen MR) is 144 cm³/mol. The van der Waals surface area contributed by atoms with E-state index in [0.717, 1.165) is 61.5 Å². The minimum Gasteiger partial charge on any atom is -0.494 e. The smallest absolute Gasteiger partial charge is 0.223 e. The molecule has 2 atom stereocenters. The summed E-state index contributed by atoms with van der Waals surface area (Å²) in [6.45, 7) is 3.64. The van der Waals surface area contributed by atoms with Gasteiger partial charge in [-0.25, -0.2) is 0 Å². The number of carbonyl (C=O) groups is 1. The summed E-state index contributed by atoms with van der Waals surface area (Å²) in [5.41, 5.74) is 2.35. The number of hydrogen-bond donors (Lipinski definition) is 1.